The van der Waals surface area contributed by atoms with Crippen molar-refractivity contribution >= 4 is 10.0 Å². The molecular formula is C10H21NO3S. The SMILES string of the molecule is CC(C)CCN(C1CC1)S(=O)(=O)CCO. The van der Waals surface area contributed by atoms with Crippen LogP contribution in [0.5, 0.6) is 0 Å². The lowest BCUT2D eigenvalue weighted by Gasteiger charge is -2.22. The lowest BCUT2D eigenvalue weighted by atomic mass is 10.1. The largest absolute Gasteiger partial charge is 0.395 e. The number of aliphatic hydroxyl groups is 1. The molecule has 0 aliphatic heterocycles. The van der Waals surface area contributed by atoms with Crippen LogP contribution >= 0.6 is 0 Å². The first kappa shape index (κ1) is 12.9. The van der Waals surface area contributed by atoms with E-state index in [1.54, 1.807) is 4.31 Å². The van der Waals surface area contributed by atoms with E-state index in [4.69, 9.17) is 5.11 Å². The molecule has 0 radical (unpaired) electrons. The van der Waals surface area contributed by atoms with Gasteiger partial charge in [0.25, 0.3) is 0 Å². The van der Waals surface area contributed by atoms with Crippen LogP contribution < -0.4 is 0 Å². The summed E-state index contributed by atoms with van der Waals surface area (Å²) in [4.78, 5) is 0. The van der Waals surface area contributed by atoms with Gasteiger partial charge in [-0.05, 0) is 25.2 Å². The molecular weight excluding hydrogens is 214 g/mol. The van der Waals surface area contributed by atoms with Gasteiger partial charge in [0, 0.05) is 12.6 Å². The van der Waals surface area contributed by atoms with E-state index >= 15 is 0 Å². The summed E-state index contributed by atoms with van der Waals surface area (Å²) in [6.07, 6.45) is 2.84. The summed E-state index contributed by atoms with van der Waals surface area (Å²) in [5, 5.41) is 8.72. The molecule has 4 nitrogen and oxygen atoms in total. The fourth-order valence-corrected chi connectivity index (χ4v) is 3.04. The molecule has 0 aromatic carbocycles. The molecule has 0 aromatic heterocycles. The van der Waals surface area contributed by atoms with Crippen LogP contribution in [0.3, 0.4) is 0 Å². The van der Waals surface area contributed by atoms with E-state index < -0.39 is 10.0 Å². The molecule has 0 spiro atoms. The number of sulfonamides is 1. The van der Waals surface area contributed by atoms with Crippen LogP contribution in [0.25, 0.3) is 0 Å². The van der Waals surface area contributed by atoms with Crippen molar-refractivity contribution in [2.24, 2.45) is 5.92 Å². The van der Waals surface area contributed by atoms with Gasteiger partial charge >= 0.3 is 0 Å². The van der Waals surface area contributed by atoms with E-state index in [2.05, 4.69) is 13.8 Å². The van der Waals surface area contributed by atoms with Crippen LogP contribution in [-0.2, 0) is 10.0 Å². The number of hydrogen-bond acceptors (Lipinski definition) is 3. The fourth-order valence-electron chi connectivity index (χ4n) is 1.53. The average Bonchev–Trinajstić information content (AvgIpc) is 2.87. The van der Waals surface area contributed by atoms with Crippen molar-refractivity contribution in [3.05, 3.63) is 0 Å². The minimum atomic E-state index is -3.22. The molecule has 1 N–H and O–H groups in total. The lowest BCUT2D eigenvalue weighted by Crippen LogP contribution is -2.37. The Kier molecular flexibility index (Phi) is 4.55. The van der Waals surface area contributed by atoms with Crippen molar-refractivity contribution in [1.29, 1.82) is 0 Å². The molecule has 0 aromatic rings. The molecule has 0 unspecified atom stereocenters. The maximum absolute atomic E-state index is 11.8. The highest BCUT2D eigenvalue weighted by atomic mass is 32.2. The van der Waals surface area contributed by atoms with Crippen molar-refractivity contribution in [1.82, 2.24) is 4.31 Å². The topological polar surface area (TPSA) is 57.6 Å². The van der Waals surface area contributed by atoms with Crippen molar-refractivity contribution in [3.63, 3.8) is 0 Å². The van der Waals surface area contributed by atoms with Crippen molar-refractivity contribution in [3.8, 4) is 0 Å². The number of rotatable bonds is 7. The highest BCUT2D eigenvalue weighted by Gasteiger charge is 2.36. The molecule has 0 saturated heterocycles. The van der Waals surface area contributed by atoms with Gasteiger partial charge in [0.1, 0.15) is 0 Å². The first-order valence-electron chi connectivity index (χ1n) is 5.57. The predicted octanol–water partition coefficient (Wildman–Crippen LogP) is 0.819. The van der Waals surface area contributed by atoms with E-state index in [0.717, 1.165) is 19.3 Å². The van der Waals surface area contributed by atoms with Crippen LogP contribution in [0.4, 0.5) is 0 Å². The second-order valence-corrected chi connectivity index (χ2v) is 6.61. The Balaban J connectivity index is 2.57. The molecule has 0 heterocycles. The monoisotopic (exact) mass is 235 g/mol. The summed E-state index contributed by atoms with van der Waals surface area (Å²) in [5.74, 6) is 0.372. The van der Waals surface area contributed by atoms with Crippen LogP contribution in [-0.4, -0.2) is 42.8 Å². The van der Waals surface area contributed by atoms with Gasteiger partial charge < -0.3 is 5.11 Å². The number of aliphatic hydroxyl groups excluding tert-OH is 1. The molecule has 1 rings (SSSR count). The van der Waals surface area contributed by atoms with Gasteiger partial charge in [-0.15, -0.1) is 0 Å². The average molecular weight is 235 g/mol. The number of nitrogens with zero attached hydrogens (tertiary/aromatic N) is 1. The van der Waals surface area contributed by atoms with Crippen molar-refractivity contribution in [2.75, 3.05) is 18.9 Å². The highest BCUT2D eigenvalue weighted by Crippen LogP contribution is 2.29. The minimum absolute atomic E-state index is 0.137. The van der Waals surface area contributed by atoms with Gasteiger partial charge in [0.15, 0.2) is 0 Å². The quantitative estimate of drug-likeness (QED) is 0.710. The first-order chi connectivity index (χ1) is 6.97. The summed E-state index contributed by atoms with van der Waals surface area (Å²) in [7, 11) is -3.22. The van der Waals surface area contributed by atoms with Crippen LogP contribution in [0.15, 0.2) is 0 Å². The normalized spacial score (nSPS) is 17.7. The molecule has 0 atom stereocenters. The molecule has 90 valence electrons. The summed E-state index contributed by atoms with van der Waals surface area (Å²) < 4.78 is 25.2. The van der Waals surface area contributed by atoms with Gasteiger partial charge in [-0.1, -0.05) is 13.8 Å². The molecule has 0 bridgehead atoms. The maximum Gasteiger partial charge on any atom is 0.216 e. The van der Waals surface area contributed by atoms with Crippen LogP contribution in [0, 0.1) is 5.92 Å². The second kappa shape index (κ2) is 5.27. The highest BCUT2D eigenvalue weighted by molar-refractivity contribution is 7.89. The smallest absolute Gasteiger partial charge is 0.216 e. The Morgan fingerprint density at radius 1 is 1.40 bits per heavy atom. The summed E-state index contributed by atoms with van der Waals surface area (Å²) in [6, 6.07) is 0.209. The van der Waals surface area contributed by atoms with Crippen LogP contribution in [0.2, 0.25) is 0 Å². The molecule has 1 fully saturated rings. The Bertz CT molecular complexity index is 283. The Labute approximate surface area is 92.3 Å². The summed E-state index contributed by atoms with van der Waals surface area (Å²) >= 11 is 0. The molecule has 1 aliphatic rings. The van der Waals surface area contributed by atoms with E-state index in [1.807, 2.05) is 0 Å². The predicted molar refractivity (Wildman–Crippen MR) is 60.1 cm³/mol. The van der Waals surface area contributed by atoms with Gasteiger partial charge in [-0.25, -0.2) is 8.42 Å². The third-order valence-corrected chi connectivity index (χ3v) is 4.48. The zero-order chi connectivity index (χ0) is 11.5. The Morgan fingerprint density at radius 2 is 2.00 bits per heavy atom. The third kappa shape index (κ3) is 4.09. The van der Waals surface area contributed by atoms with Crippen molar-refractivity contribution in [2.45, 2.75) is 39.2 Å². The molecule has 5 heteroatoms. The van der Waals surface area contributed by atoms with Gasteiger partial charge in [-0.2, -0.15) is 4.31 Å². The minimum Gasteiger partial charge on any atom is -0.395 e. The summed E-state index contributed by atoms with van der Waals surface area (Å²) in [5.41, 5.74) is 0. The fraction of sp³-hybridized carbons (Fsp3) is 1.00. The molecule has 0 amide bonds. The van der Waals surface area contributed by atoms with E-state index in [1.165, 1.54) is 0 Å². The van der Waals surface area contributed by atoms with E-state index in [0.29, 0.717) is 12.5 Å². The van der Waals surface area contributed by atoms with Gasteiger partial charge in [0.05, 0.1) is 12.4 Å². The molecule has 1 saturated carbocycles. The maximum atomic E-state index is 11.8. The number of hydrogen-bond donors (Lipinski definition) is 1. The van der Waals surface area contributed by atoms with Gasteiger partial charge in [-0.3, -0.25) is 0 Å². The van der Waals surface area contributed by atoms with E-state index in [-0.39, 0.29) is 18.4 Å². The van der Waals surface area contributed by atoms with Crippen molar-refractivity contribution < 1.29 is 13.5 Å². The third-order valence-electron chi connectivity index (χ3n) is 2.59. The summed E-state index contributed by atoms with van der Waals surface area (Å²) in [6.45, 7) is 4.49. The molecule has 1 aliphatic carbocycles. The van der Waals surface area contributed by atoms with E-state index in [9.17, 15) is 8.42 Å². The standard InChI is InChI=1S/C10H21NO3S/c1-9(2)5-6-11(10-3-4-10)15(13,14)8-7-12/h9-10,12H,3-8H2,1-2H3. The lowest BCUT2D eigenvalue weighted by molar-refractivity contribution is 0.311. The first-order valence-corrected chi connectivity index (χ1v) is 7.18. The Hall–Kier alpha value is -0.130. The Morgan fingerprint density at radius 3 is 2.40 bits per heavy atom. The van der Waals surface area contributed by atoms with Crippen LogP contribution in [0.1, 0.15) is 33.1 Å². The second-order valence-electron chi connectivity index (χ2n) is 4.56. The zero-order valence-electron chi connectivity index (χ0n) is 9.52. The van der Waals surface area contributed by atoms with Gasteiger partial charge in [0.2, 0.25) is 10.0 Å². The molecule has 15 heavy (non-hydrogen) atoms. The zero-order valence-corrected chi connectivity index (χ0v) is 10.3.